The number of phenolic OH excluding ortho intramolecular Hbond substituents is 1. The van der Waals surface area contributed by atoms with Crippen LogP contribution in [0.5, 0.6) is 5.75 Å². The Kier molecular flexibility index (Phi) is 16.7. The highest BCUT2D eigenvalue weighted by Crippen LogP contribution is 2.19. The lowest BCUT2D eigenvalue weighted by molar-refractivity contribution is -0.134. The molecule has 2 aromatic carbocycles. The van der Waals surface area contributed by atoms with Crippen LogP contribution in [0.4, 0.5) is 0 Å². The molecule has 1 heterocycles. The van der Waals surface area contributed by atoms with Crippen LogP contribution in [-0.4, -0.2) is 95.3 Å². The average molecular weight is 750 g/mol. The number of benzene rings is 2. The van der Waals surface area contributed by atoms with Gasteiger partial charge in [0.2, 0.25) is 35.4 Å². The van der Waals surface area contributed by atoms with Gasteiger partial charge in [-0.1, -0.05) is 30.3 Å². The Hall–Kier alpha value is -6.17. The minimum Gasteiger partial charge on any atom is -0.508 e. The van der Waals surface area contributed by atoms with E-state index in [0.29, 0.717) is 24.9 Å². The van der Waals surface area contributed by atoms with Crippen LogP contribution in [0.3, 0.4) is 0 Å². The van der Waals surface area contributed by atoms with Crippen molar-refractivity contribution < 1.29 is 33.9 Å². The molecule has 0 spiro atoms. The zero-order chi connectivity index (χ0) is 39.6. The van der Waals surface area contributed by atoms with Crippen molar-refractivity contribution in [3.8, 4) is 5.75 Å². The van der Waals surface area contributed by atoms with E-state index >= 15 is 0 Å². The van der Waals surface area contributed by atoms with Gasteiger partial charge in [-0.3, -0.25) is 34.2 Å². The quantitative estimate of drug-likeness (QED) is 0.0324. The predicted molar refractivity (Wildman–Crippen MR) is 201 cm³/mol. The highest BCUT2D eigenvalue weighted by Gasteiger charge is 2.30. The van der Waals surface area contributed by atoms with E-state index in [1.807, 2.05) is 24.3 Å². The van der Waals surface area contributed by atoms with E-state index in [-0.39, 0.29) is 50.4 Å². The third kappa shape index (κ3) is 14.1. The van der Waals surface area contributed by atoms with E-state index in [9.17, 15) is 33.9 Å². The van der Waals surface area contributed by atoms with E-state index in [1.165, 1.54) is 19.1 Å². The van der Waals surface area contributed by atoms with Crippen molar-refractivity contribution in [2.24, 2.45) is 17.2 Å². The number of primary amides is 1. The van der Waals surface area contributed by atoms with Crippen molar-refractivity contribution in [2.45, 2.75) is 76.0 Å². The summed E-state index contributed by atoms with van der Waals surface area (Å²) in [5, 5.41) is 33.7. The van der Waals surface area contributed by atoms with Crippen LogP contribution in [0.1, 0.15) is 50.2 Å². The van der Waals surface area contributed by atoms with Gasteiger partial charge in [0.1, 0.15) is 29.9 Å². The number of phenols is 1. The summed E-state index contributed by atoms with van der Waals surface area (Å²) in [4.78, 5) is 81.0. The Morgan fingerprint density at radius 1 is 0.759 bits per heavy atom. The zero-order valence-corrected chi connectivity index (χ0v) is 30.2. The van der Waals surface area contributed by atoms with Gasteiger partial charge in [-0.25, -0.2) is 0 Å². The Morgan fingerprint density at radius 3 is 2.06 bits per heavy atom. The largest absolute Gasteiger partial charge is 0.508 e. The van der Waals surface area contributed by atoms with Crippen molar-refractivity contribution in [1.29, 1.82) is 5.41 Å². The first kappa shape index (κ1) is 42.2. The molecule has 18 nitrogen and oxygen atoms in total. The molecule has 1 aromatic heterocycles. The van der Waals surface area contributed by atoms with Crippen LogP contribution in [0.25, 0.3) is 10.9 Å². The number of hydrogen-bond donors (Lipinski definition) is 12. The number of aromatic hydroxyl groups is 1. The molecule has 292 valence electrons. The Morgan fingerprint density at radius 2 is 1.41 bits per heavy atom. The SMILES string of the molecule is CC(=O)N[C@@H](CCCCN)C(=O)N[C@@H](CCCNC(=N)N)C(=O)N[C@@H](Cc1ccc(O)cc1)C(=O)NCC(=O)N[C@@H](Cc1c[nH]c2ccccc12)C(N)=O. The van der Waals surface area contributed by atoms with Crippen LogP contribution in [0.15, 0.2) is 54.7 Å². The number of H-pyrrole nitrogens is 1. The maximum atomic E-state index is 13.8. The van der Waals surface area contributed by atoms with Gasteiger partial charge in [0.05, 0.1) is 6.54 Å². The maximum absolute atomic E-state index is 13.8. The van der Waals surface area contributed by atoms with Crippen LogP contribution < -0.4 is 49.1 Å². The van der Waals surface area contributed by atoms with Gasteiger partial charge in [-0.2, -0.15) is 0 Å². The first-order valence-electron chi connectivity index (χ1n) is 17.6. The summed E-state index contributed by atoms with van der Waals surface area (Å²) >= 11 is 0. The molecule has 0 radical (unpaired) electrons. The number of carbonyl (C=O) groups excluding carboxylic acids is 6. The molecule has 0 fully saturated rings. The van der Waals surface area contributed by atoms with E-state index < -0.39 is 66.2 Å². The van der Waals surface area contributed by atoms with Crippen molar-refractivity contribution >= 4 is 52.3 Å². The second-order valence-corrected chi connectivity index (χ2v) is 12.8. The molecule has 4 atom stereocenters. The summed E-state index contributed by atoms with van der Waals surface area (Å²) in [5.74, 6) is -4.31. The van der Waals surface area contributed by atoms with Gasteiger partial charge >= 0.3 is 0 Å². The van der Waals surface area contributed by atoms with E-state index in [1.54, 1.807) is 18.3 Å². The van der Waals surface area contributed by atoms with Crippen LogP contribution in [0, 0.1) is 5.41 Å². The Balaban J connectivity index is 1.75. The molecule has 0 aliphatic heterocycles. The molecule has 0 bridgehead atoms. The molecule has 54 heavy (non-hydrogen) atoms. The third-order valence-corrected chi connectivity index (χ3v) is 8.47. The fraction of sp³-hybridized carbons (Fsp3) is 0.417. The van der Waals surface area contributed by atoms with Gasteiger partial charge in [-0.05, 0) is 68.0 Å². The molecular weight excluding hydrogens is 698 g/mol. The Bertz CT molecular complexity index is 1760. The number of rotatable bonds is 22. The van der Waals surface area contributed by atoms with Crippen molar-refractivity contribution in [1.82, 2.24) is 36.9 Å². The zero-order valence-electron chi connectivity index (χ0n) is 30.2. The number of guanidine groups is 1. The second kappa shape index (κ2) is 21.4. The number of para-hydroxylation sites is 1. The number of aromatic amines is 1. The molecule has 3 rings (SSSR count). The van der Waals surface area contributed by atoms with E-state index in [0.717, 1.165) is 16.5 Å². The van der Waals surface area contributed by atoms with Gasteiger partial charge in [0.15, 0.2) is 5.96 Å². The minimum absolute atomic E-state index is 0.0146. The molecule has 18 heteroatoms. The number of nitrogens with two attached hydrogens (primary N) is 3. The summed E-state index contributed by atoms with van der Waals surface area (Å²) in [6, 6.07) is 8.90. The van der Waals surface area contributed by atoms with Crippen molar-refractivity contribution in [2.75, 3.05) is 19.6 Å². The predicted octanol–water partition coefficient (Wildman–Crippen LogP) is -1.39. The fourth-order valence-corrected chi connectivity index (χ4v) is 5.71. The van der Waals surface area contributed by atoms with Gasteiger partial charge < -0.3 is 59.2 Å². The molecule has 15 N–H and O–H groups in total. The number of nitrogens with one attached hydrogen (secondary N) is 8. The molecule has 0 aliphatic rings. The van der Waals surface area contributed by atoms with Crippen LogP contribution >= 0.6 is 0 Å². The first-order chi connectivity index (χ1) is 25.8. The molecular formula is C36H51N11O7. The molecule has 0 saturated heterocycles. The summed E-state index contributed by atoms with van der Waals surface area (Å²) in [6.45, 7) is 1.31. The van der Waals surface area contributed by atoms with Crippen molar-refractivity contribution in [3.05, 3.63) is 65.9 Å². The number of hydrogen-bond acceptors (Lipinski definition) is 9. The summed E-state index contributed by atoms with van der Waals surface area (Å²) in [7, 11) is 0. The highest BCUT2D eigenvalue weighted by molar-refractivity contribution is 5.95. The van der Waals surface area contributed by atoms with Gasteiger partial charge in [0.25, 0.3) is 0 Å². The maximum Gasteiger partial charge on any atom is 0.243 e. The molecule has 0 unspecified atom stereocenters. The lowest BCUT2D eigenvalue weighted by Gasteiger charge is -2.25. The number of amides is 6. The number of unbranched alkanes of at least 4 members (excludes halogenated alkanes) is 1. The van der Waals surface area contributed by atoms with Gasteiger partial charge in [-0.15, -0.1) is 0 Å². The average Bonchev–Trinajstić information content (AvgIpc) is 3.54. The van der Waals surface area contributed by atoms with Crippen molar-refractivity contribution in [3.63, 3.8) is 0 Å². The van der Waals surface area contributed by atoms with Crippen LogP contribution in [-0.2, 0) is 41.6 Å². The Labute approximate surface area is 312 Å². The third-order valence-electron chi connectivity index (χ3n) is 8.47. The van der Waals surface area contributed by atoms with Gasteiger partial charge in [0, 0.05) is 43.4 Å². The number of fused-ring (bicyclic) bond motifs is 1. The standard InChI is InChI=1S/C36H51N11O7/c1-21(48)44-27(9-4-5-15-37)34(53)46-28(10-6-16-41-36(39)40)35(54)47-30(17-22-11-13-24(49)14-12-22)33(52)43-20-31(50)45-29(32(38)51)18-23-19-42-26-8-3-2-7-25(23)26/h2-3,7-8,11-14,19,27-30,42,49H,4-6,9-10,15-18,20,37H2,1H3,(H2,38,51)(H,43,52)(H,44,48)(H,45,50)(H,46,53)(H,47,54)(H4,39,40,41)/t27-,28-,29-,30-/m0/s1. The highest BCUT2D eigenvalue weighted by atomic mass is 16.3. The summed E-state index contributed by atoms with van der Waals surface area (Å²) < 4.78 is 0. The summed E-state index contributed by atoms with van der Waals surface area (Å²) in [5.41, 5.74) is 18.7. The fourth-order valence-electron chi connectivity index (χ4n) is 5.71. The lowest BCUT2D eigenvalue weighted by atomic mass is 10.0. The first-order valence-corrected chi connectivity index (χ1v) is 17.6. The molecule has 0 aliphatic carbocycles. The normalized spacial score (nSPS) is 13.1. The smallest absolute Gasteiger partial charge is 0.243 e. The van der Waals surface area contributed by atoms with E-state index in [4.69, 9.17) is 22.6 Å². The number of aromatic nitrogens is 1. The van der Waals surface area contributed by atoms with Crippen LogP contribution in [0.2, 0.25) is 0 Å². The van der Waals surface area contributed by atoms with E-state index in [2.05, 4.69) is 36.9 Å². The topological polar surface area (TPSA) is 313 Å². The minimum atomic E-state index is -1.27. The monoisotopic (exact) mass is 749 g/mol. The molecule has 6 amide bonds. The molecule has 0 saturated carbocycles. The molecule has 3 aromatic rings. The lowest BCUT2D eigenvalue weighted by Crippen LogP contribution is -2.57. The number of carbonyl (C=O) groups is 6. The second-order valence-electron chi connectivity index (χ2n) is 12.8. The summed E-state index contributed by atoms with van der Waals surface area (Å²) in [6.07, 6.45) is 3.54.